The molecule has 166 valence electrons. The number of carbonyl (C=O) groups is 1. The number of hydrogen-bond acceptors (Lipinski definition) is 7. The summed E-state index contributed by atoms with van der Waals surface area (Å²) in [4.78, 5) is 34.3. The Kier molecular flexibility index (Phi) is 5.36. The average Bonchev–Trinajstić information content (AvgIpc) is 3.48. The number of amides is 1. The summed E-state index contributed by atoms with van der Waals surface area (Å²) in [7, 11) is 1.70. The van der Waals surface area contributed by atoms with Crippen LogP contribution in [0, 0.1) is 6.92 Å². The third-order valence-corrected chi connectivity index (χ3v) is 5.89. The second-order valence-electron chi connectivity index (χ2n) is 8.28. The number of rotatable bonds is 6. The molecule has 2 aromatic heterocycles. The summed E-state index contributed by atoms with van der Waals surface area (Å²) in [6, 6.07) is 9.88. The molecule has 0 bridgehead atoms. The van der Waals surface area contributed by atoms with Crippen LogP contribution in [0.1, 0.15) is 18.4 Å². The van der Waals surface area contributed by atoms with Crippen molar-refractivity contribution in [3.63, 3.8) is 0 Å². The maximum atomic E-state index is 13.0. The van der Waals surface area contributed by atoms with Crippen molar-refractivity contribution in [3.8, 4) is 11.1 Å². The van der Waals surface area contributed by atoms with Crippen LogP contribution in [-0.2, 0) is 21.3 Å². The zero-order valence-electron chi connectivity index (χ0n) is 18.0. The molecule has 3 heterocycles. The number of fused-ring (bicyclic) bond motifs is 1. The molecule has 2 atom stereocenters. The third-order valence-electron chi connectivity index (χ3n) is 5.89. The Labute approximate surface area is 184 Å². The number of carbonyl (C=O) groups excluding carboxylic acids is 1. The van der Waals surface area contributed by atoms with Crippen LogP contribution in [0.4, 0.5) is 5.95 Å². The molecule has 0 radical (unpaired) electrons. The molecule has 9 heteroatoms. The highest BCUT2D eigenvalue weighted by Gasteiger charge is 2.37. The first-order valence-electron chi connectivity index (χ1n) is 10.7. The van der Waals surface area contributed by atoms with E-state index >= 15 is 0 Å². The summed E-state index contributed by atoms with van der Waals surface area (Å²) in [5, 5.41) is 6.82. The first-order chi connectivity index (χ1) is 15.5. The maximum absolute atomic E-state index is 13.0. The van der Waals surface area contributed by atoms with Gasteiger partial charge in [0.2, 0.25) is 5.95 Å². The highest BCUT2D eigenvalue weighted by atomic mass is 16.7. The molecule has 5 rings (SSSR count). The minimum Gasteiger partial charge on any atom is -0.351 e. The van der Waals surface area contributed by atoms with Gasteiger partial charge in [-0.1, -0.05) is 24.3 Å². The highest BCUT2D eigenvalue weighted by molar-refractivity contribution is 5.83. The number of benzene rings is 1. The first kappa shape index (κ1) is 20.6. The van der Waals surface area contributed by atoms with Crippen LogP contribution in [0.5, 0.6) is 0 Å². The summed E-state index contributed by atoms with van der Waals surface area (Å²) < 4.78 is 12.5. The van der Waals surface area contributed by atoms with Gasteiger partial charge in [0.05, 0.1) is 0 Å². The van der Waals surface area contributed by atoms with Crippen molar-refractivity contribution in [1.29, 1.82) is 0 Å². The second-order valence-corrected chi connectivity index (χ2v) is 8.28. The van der Waals surface area contributed by atoms with E-state index in [0.717, 1.165) is 29.4 Å². The van der Waals surface area contributed by atoms with E-state index in [1.54, 1.807) is 13.2 Å². The van der Waals surface area contributed by atoms with E-state index < -0.39 is 12.2 Å². The largest absolute Gasteiger partial charge is 0.351 e. The molecule has 2 fully saturated rings. The molecular formula is C23H25N5O4. The predicted octanol–water partition coefficient (Wildman–Crippen LogP) is 1.74. The molecule has 1 saturated heterocycles. The lowest BCUT2D eigenvalue weighted by Gasteiger charge is -2.17. The van der Waals surface area contributed by atoms with Crippen LogP contribution in [0.2, 0.25) is 0 Å². The van der Waals surface area contributed by atoms with E-state index in [1.807, 2.05) is 37.3 Å². The van der Waals surface area contributed by atoms with Gasteiger partial charge >= 0.3 is 0 Å². The Bertz CT molecular complexity index is 1240. The smallest absolute Gasteiger partial charge is 0.259 e. The van der Waals surface area contributed by atoms with E-state index in [4.69, 9.17) is 9.47 Å². The molecular weight excluding hydrogens is 410 g/mol. The Morgan fingerprint density at radius 2 is 2.03 bits per heavy atom. The van der Waals surface area contributed by atoms with Gasteiger partial charge in [-0.3, -0.25) is 14.2 Å². The van der Waals surface area contributed by atoms with Crippen molar-refractivity contribution in [3.05, 3.63) is 52.4 Å². The summed E-state index contributed by atoms with van der Waals surface area (Å²) in [5.41, 5.74) is 2.94. The molecule has 1 aromatic carbocycles. The molecule has 9 nitrogen and oxygen atoms in total. The number of hydrogen-bond donors (Lipinski definition) is 2. The molecule has 3 aromatic rings. The van der Waals surface area contributed by atoms with Crippen LogP contribution in [0.3, 0.4) is 0 Å². The van der Waals surface area contributed by atoms with E-state index in [2.05, 4.69) is 20.6 Å². The standard InChI is InChI=1S/C23H25N5O4/c1-13-5-3-4-6-16(13)17-9-14-10-24-23(27-20(14)28(2)22(17)30)25-11-18-19(32-12-31-18)21(29)26-15-7-8-15/h3-6,9-10,15,18-19H,7-8,11-12H2,1-2H3,(H,26,29)(H,24,25,27)/t18-,19+/m0/s1. The Hall–Kier alpha value is -3.30. The number of aromatic nitrogens is 3. The number of nitrogens with zero attached hydrogens (tertiary/aromatic N) is 3. The molecule has 0 spiro atoms. The minimum atomic E-state index is -0.662. The minimum absolute atomic E-state index is 0.0733. The zero-order chi connectivity index (χ0) is 22.2. The Balaban J connectivity index is 1.36. The number of anilines is 1. The summed E-state index contributed by atoms with van der Waals surface area (Å²) in [6.07, 6.45) is 2.61. The molecule has 1 aliphatic carbocycles. The molecule has 1 amide bonds. The predicted molar refractivity (Wildman–Crippen MR) is 119 cm³/mol. The van der Waals surface area contributed by atoms with Crippen LogP contribution >= 0.6 is 0 Å². The first-order valence-corrected chi connectivity index (χ1v) is 10.7. The highest BCUT2D eigenvalue weighted by Crippen LogP contribution is 2.24. The summed E-state index contributed by atoms with van der Waals surface area (Å²) >= 11 is 0. The van der Waals surface area contributed by atoms with Crippen LogP contribution < -0.4 is 16.2 Å². The van der Waals surface area contributed by atoms with Crippen LogP contribution in [0.15, 0.2) is 41.3 Å². The lowest BCUT2D eigenvalue weighted by Crippen LogP contribution is -2.44. The normalized spacial score (nSPS) is 20.4. The third kappa shape index (κ3) is 3.96. The summed E-state index contributed by atoms with van der Waals surface area (Å²) in [5.74, 6) is 0.204. The van der Waals surface area contributed by atoms with Crippen molar-refractivity contribution in [2.75, 3.05) is 18.7 Å². The number of nitrogens with one attached hydrogen (secondary N) is 2. The Morgan fingerprint density at radius 1 is 1.22 bits per heavy atom. The van der Waals surface area contributed by atoms with E-state index in [9.17, 15) is 9.59 Å². The zero-order valence-corrected chi connectivity index (χ0v) is 18.0. The van der Waals surface area contributed by atoms with Crippen molar-refractivity contribution < 1.29 is 14.3 Å². The fraction of sp³-hybridized carbons (Fsp3) is 0.391. The molecule has 32 heavy (non-hydrogen) atoms. The number of pyridine rings is 1. The van der Waals surface area contributed by atoms with Gasteiger partial charge in [0.15, 0.2) is 6.10 Å². The Morgan fingerprint density at radius 3 is 2.81 bits per heavy atom. The summed E-state index contributed by atoms with van der Waals surface area (Å²) in [6.45, 7) is 2.36. The van der Waals surface area contributed by atoms with Crippen molar-refractivity contribution in [1.82, 2.24) is 19.9 Å². The van der Waals surface area contributed by atoms with Gasteiger partial charge in [0, 0.05) is 36.8 Å². The van der Waals surface area contributed by atoms with Gasteiger partial charge in [-0.15, -0.1) is 0 Å². The number of ether oxygens (including phenoxy) is 2. The molecule has 1 aliphatic heterocycles. The monoisotopic (exact) mass is 435 g/mol. The second kappa shape index (κ2) is 8.33. The SMILES string of the molecule is Cc1ccccc1-c1cc2cnc(NC[C@@H]3OCO[C@H]3C(=O)NC3CC3)nc2n(C)c1=O. The van der Waals surface area contributed by atoms with Crippen molar-refractivity contribution in [2.45, 2.75) is 38.0 Å². The van der Waals surface area contributed by atoms with Gasteiger partial charge < -0.3 is 20.1 Å². The molecule has 2 N–H and O–H groups in total. The molecule has 0 unspecified atom stereocenters. The molecule has 2 aliphatic rings. The van der Waals surface area contributed by atoms with E-state index in [-0.39, 0.29) is 24.3 Å². The van der Waals surface area contributed by atoms with Crippen molar-refractivity contribution in [2.24, 2.45) is 7.05 Å². The van der Waals surface area contributed by atoms with E-state index in [1.165, 1.54) is 4.57 Å². The fourth-order valence-electron chi connectivity index (χ4n) is 3.91. The van der Waals surface area contributed by atoms with Crippen LogP contribution in [0.25, 0.3) is 22.2 Å². The molecule has 1 saturated carbocycles. The fourth-order valence-corrected chi connectivity index (χ4v) is 3.91. The van der Waals surface area contributed by atoms with Gasteiger partial charge in [-0.2, -0.15) is 4.98 Å². The maximum Gasteiger partial charge on any atom is 0.259 e. The quantitative estimate of drug-likeness (QED) is 0.607. The lowest BCUT2D eigenvalue weighted by molar-refractivity contribution is -0.130. The van der Waals surface area contributed by atoms with Crippen molar-refractivity contribution >= 4 is 22.9 Å². The lowest BCUT2D eigenvalue weighted by atomic mass is 10.0. The topological polar surface area (TPSA) is 107 Å². The van der Waals surface area contributed by atoms with Gasteiger partial charge in [0.25, 0.3) is 11.5 Å². The van der Waals surface area contributed by atoms with E-state index in [0.29, 0.717) is 23.7 Å². The van der Waals surface area contributed by atoms with Gasteiger partial charge in [-0.25, -0.2) is 4.98 Å². The van der Waals surface area contributed by atoms with Gasteiger partial charge in [-0.05, 0) is 37.0 Å². The van der Waals surface area contributed by atoms with Crippen LogP contribution in [-0.4, -0.2) is 52.0 Å². The van der Waals surface area contributed by atoms with Gasteiger partial charge in [0.1, 0.15) is 18.5 Å². The number of aryl methyl sites for hydroxylation is 2. The average molecular weight is 435 g/mol.